The van der Waals surface area contributed by atoms with Crippen molar-refractivity contribution in [3.05, 3.63) is 11.6 Å². The van der Waals surface area contributed by atoms with Gasteiger partial charge in [0.1, 0.15) is 0 Å². The molecule has 0 unspecified atom stereocenters. The van der Waals surface area contributed by atoms with Gasteiger partial charge in [0.25, 0.3) is 0 Å². The standard InChI is InChI=1S/C16H26N4OS/c1-18(14-5-3-2-4-6-14)15(21)13-19-8-10-20(11-9-19)16-17-7-12-22-16/h7,12,14H,2-6,8-11,13H2,1H3. The minimum atomic E-state index is 0.287. The SMILES string of the molecule is CN(C(=O)CN1CCN(c2nccs2)CC1)C1CCCCC1. The summed E-state index contributed by atoms with van der Waals surface area (Å²) in [6.45, 7) is 4.40. The van der Waals surface area contributed by atoms with E-state index in [0.717, 1.165) is 31.3 Å². The molecule has 22 heavy (non-hydrogen) atoms. The van der Waals surface area contributed by atoms with E-state index >= 15 is 0 Å². The smallest absolute Gasteiger partial charge is 0.236 e. The Balaban J connectivity index is 1.44. The molecule has 1 aliphatic heterocycles. The Bertz CT molecular complexity index is 465. The second kappa shape index (κ2) is 7.42. The van der Waals surface area contributed by atoms with Crippen molar-refractivity contribution >= 4 is 22.4 Å². The van der Waals surface area contributed by atoms with Crippen molar-refractivity contribution in [1.82, 2.24) is 14.8 Å². The fourth-order valence-electron chi connectivity index (χ4n) is 3.44. The van der Waals surface area contributed by atoms with Crippen LogP contribution in [-0.4, -0.2) is 66.5 Å². The molecule has 1 aromatic heterocycles. The van der Waals surface area contributed by atoms with Gasteiger partial charge in [0, 0.05) is 50.8 Å². The lowest BCUT2D eigenvalue weighted by molar-refractivity contribution is -0.133. The number of thiazole rings is 1. The van der Waals surface area contributed by atoms with Gasteiger partial charge in [-0.25, -0.2) is 4.98 Å². The highest BCUT2D eigenvalue weighted by atomic mass is 32.1. The molecule has 0 atom stereocenters. The van der Waals surface area contributed by atoms with Gasteiger partial charge in [0.2, 0.25) is 5.91 Å². The van der Waals surface area contributed by atoms with Crippen molar-refractivity contribution < 1.29 is 4.79 Å². The lowest BCUT2D eigenvalue weighted by Crippen LogP contribution is -2.51. The second-order valence-corrected chi connectivity index (χ2v) is 7.25. The maximum Gasteiger partial charge on any atom is 0.236 e. The van der Waals surface area contributed by atoms with Crippen molar-refractivity contribution in [2.75, 3.05) is 44.7 Å². The first-order chi connectivity index (χ1) is 10.7. The normalized spacial score (nSPS) is 21.0. The average molecular weight is 322 g/mol. The highest BCUT2D eigenvalue weighted by molar-refractivity contribution is 7.13. The Kier molecular flexibility index (Phi) is 5.31. The van der Waals surface area contributed by atoms with Gasteiger partial charge in [-0.05, 0) is 12.8 Å². The summed E-state index contributed by atoms with van der Waals surface area (Å²) in [6, 6.07) is 0.470. The van der Waals surface area contributed by atoms with Crippen LogP contribution in [-0.2, 0) is 4.79 Å². The van der Waals surface area contributed by atoms with Crippen LogP contribution in [0.1, 0.15) is 32.1 Å². The number of rotatable bonds is 4. The van der Waals surface area contributed by atoms with Crippen LogP contribution in [0.3, 0.4) is 0 Å². The van der Waals surface area contributed by atoms with E-state index in [2.05, 4.69) is 14.8 Å². The van der Waals surface area contributed by atoms with E-state index in [1.54, 1.807) is 11.3 Å². The molecule has 0 spiro atoms. The van der Waals surface area contributed by atoms with Crippen LogP contribution in [0.2, 0.25) is 0 Å². The molecule has 1 saturated carbocycles. The number of carbonyl (C=O) groups is 1. The summed E-state index contributed by atoms with van der Waals surface area (Å²) in [7, 11) is 1.99. The van der Waals surface area contributed by atoms with Gasteiger partial charge < -0.3 is 9.80 Å². The first-order valence-corrected chi connectivity index (χ1v) is 9.24. The summed E-state index contributed by atoms with van der Waals surface area (Å²) in [5.41, 5.74) is 0. The maximum absolute atomic E-state index is 12.5. The van der Waals surface area contributed by atoms with Crippen molar-refractivity contribution in [1.29, 1.82) is 0 Å². The quantitative estimate of drug-likeness (QED) is 0.851. The van der Waals surface area contributed by atoms with E-state index in [0.29, 0.717) is 12.6 Å². The molecular weight excluding hydrogens is 296 g/mol. The van der Waals surface area contributed by atoms with Crippen molar-refractivity contribution in [2.45, 2.75) is 38.1 Å². The van der Waals surface area contributed by atoms with Crippen molar-refractivity contribution in [3.8, 4) is 0 Å². The third kappa shape index (κ3) is 3.79. The number of piperazine rings is 1. The Morgan fingerprint density at radius 1 is 1.27 bits per heavy atom. The monoisotopic (exact) mass is 322 g/mol. The number of aromatic nitrogens is 1. The van der Waals surface area contributed by atoms with E-state index in [1.165, 1.54) is 32.1 Å². The highest BCUT2D eigenvalue weighted by Crippen LogP contribution is 2.22. The number of nitrogens with zero attached hydrogens (tertiary/aromatic N) is 4. The van der Waals surface area contributed by atoms with E-state index in [9.17, 15) is 4.79 Å². The van der Waals surface area contributed by atoms with Gasteiger partial charge in [-0.15, -0.1) is 11.3 Å². The van der Waals surface area contributed by atoms with Crippen LogP contribution < -0.4 is 4.90 Å². The summed E-state index contributed by atoms with van der Waals surface area (Å²) in [4.78, 5) is 23.5. The minimum Gasteiger partial charge on any atom is -0.346 e. The summed E-state index contributed by atoms with van der Waals surface area (Å²) in [5, 5.41) is 3.12. The van der Waals surface area contributed by atoms with Gasteiger partial charge in [-0.1, -0.05) is 19.3 Å². The van der Waals surface area contributed by atoms with Crippen LogP contribution in [0.25, 0.3) is 0 Å². The Morgan fingerprint density at radius 2 is 2.00 bits per heavy atom. The molecule has 2 aliphatic rings. The van der Waals surface area contributed by atoms with Crippen LogP contribution in [0.15, 0.2) is 11.6 Å². The molecule has 0 radical (unpaired) electrons. The second-order valence-electron chi connectivity index (χ2n) is 6.37. The Hall–Kier alpha value is -1.14. The predicted molar refractivity (Wildman–Crippen MR) is 90.4 cm³/mol. The molecule has 0 bridgehead atoms. The topological polar surface area (TPSA) is 39.7 Å². The summed E-state index contributed by atoms with van der Waals surface area (Å²) >= 11 is 1.69. The molecule has 5 nitrogen and oxygen atoms in total. The molecule has 122 valence electrons. The van der Waals surface area contributed by atoms with E-state index < -0.39 is 0 Å². The lowest BCUT2D eigenvalue weighted by Gasteiger charge is -2.36. The number of carbonyl (C=O) groups excluding carboxylic acids is 1. The molecule has 0 N–H and O–H groups in total. The molecular formula is C16H26N4OS. The van der Waals surface area contributed by atoms with Crippen molar-refractivity contribution in [2.24, 2.45) is 0 Å². The van der Waals surface area contributed by atoms with Gasteiger partial charge in [-0.3, -0.25) is 9.69 Å². The van der Waals surface area contributed by atoms with Crippen LogP contribution in [0.5, 0.6) is 0 Å². The fourth-order valence-corrected chi connectivity index (χ4v) is 4.14. The molecule has 1 aromatic rings. The maximum atomic E-state index is 12.5. The summed E-state index contributed by atoms with van der Waals surface area (Å²) < 4.78 is 0. The Morgan fingerprint density at radius 3 is 2.64 bits per heavy atom. The van der Waals surface area contributed by atoms with Gasteiger partial charge in [-0.2, -0.15) is 0 Å². The molecule has 1 amide bonds. The number of anilines is 1. The third-order valence-electron chi connectivity index (χ3n) is 4.94. The summed E-state index contributed by atoms with van der Waals surface area (Å²) in [5.74, 6) is 0.287. The molecule has 1 saturated heterocycles. The van der Waals surface area contributed by atoms with E-state index in [-0.39, 0.29) is 5.91 Å². The molecule has 3 rings (SSSR count). The van der Waals surface area contributed by atoms with Gasteiger partial charge in [0.05, 0.1) is 6.54 Å². The fraction of sp³-hybridized carbons (Fsp3) is 0.750. The predicted octanol–water partition coefficient (Wildman–Crippen LogP) is 2.06. The molecule has 1 aliphatic carbocycles. The van der Waals surface area contributed by atoms with E-state index in [4.69, 9.17) is 0 Å². The van der Waals surface area contributed by atoms with Crippen LogP contribution >= 0.6 is 11.3 Å². The number of likely N-dealkylation sites (N-methyl/N-ethyl adjacent to an activating group) is 1. The average Bonchev–Trinajstić information content (AvgIpc) is 3.10. The zero-order valence-corrected chi connectivity index (χ0v) is 14.2. The van der Waals surface area contributed by atoms with Crippen LogP contribution in [0.4, 0.5) is 5.13 Å². The van der Waals surface area contributed by atoms with Crippen molar-refractivity contribution in [3.63, 3.8) is 0 Å². The van der Waals surface area contributed by atoms with Crippen LogP contribution in [0, 0.1) is 0 Å². The summed E-state index contributed by atoms with van der Waals surface area (Å²) in [6.07, 6.45) is 8.09. The first-order valence-electron chi connectivity index (χ1n) is 8.36. The largest absolute Gasteiger partial charge is 0.346 e. The number of amides is 1. The lowest BCUT2D eigenvalue weighted by atomic mass is 9.94. The first kappa shape index (κ1) is 15.7. The zero-order valence-electron chi connectivity index (χ0n) is 13.4. The molecule has 6 heteroatoms. The molecule has 0 aromatic carbocycles. The zero-order chi connectivity index (χ0) is 15.4. The molecule has 2 fully saturated rings. The number of hydrogen-bond donors (Lipinski definition) is 0. The third-order valence-corrected chi connectivity index (χ3v) is 5.77. The van der Waals surface area contributed by atoms with Gasteiger partial charge >= 0.3 is 0 Å². The Labute approximate surface area is 136 Å². The molecule has 2 heterocycles. The number of hydrogen-bond acceptors (Lipinski definition) is 5. The minimum absolute atomic E-state index is 0.287. The highest BCUT2D eigenvalue weighted by Gasteiger charge is 2.25. The van der Waals surface area contributed by atoms with E-state index in [1.807, 2.05) is 23.5 Å². The van der Waals surface area contributed by atoms with Gasteiger partial charge in [0.15, 0.2) is 5.13 Å².